The van der Waals surface area contributed by atoms with Crippen molar-refractivity contribution >= 4 is 5.91 Å². The Kier molecular flexibility index (Phi) is 5.77. The van der Waals surface area contributed by atoms with Gasteiger partial charge in [0, 0.05) is 36.8 Å². The molecule has 1 amide bonds. The zero-order valence-corrected chi connectivity index (χ0v) is 14.4. The predicted molar refractivity (Wildman–Crippen MR) is 97.8 cm³/mol. The number of nitrogens with zero attached hydrogens (tertiary/aromatic N) is 2. The number of methoxy groups -OCH3 is 1. The van der Waals surface area contributed by atoms with Crippen molar-refractivity contribution < 1.29 is 14.3 Å². The van der Waals surface area contributed by atoms with Gasteiger partial charge in [-0.25, -0.2) is 0 Å². The van der Waals surface area contributed by atoms with Crippen LogP contribution in [0.5, 0.6) is 11.5 Å². The number of hydrogen-bond acceptors (Lipinski definition) is 5. The standard InChI is InChI=1S/C20H19N3O3/c1-25-17-5-2-6-18(11-17)26-14-20(24)23-12-15-7-9-22-19(10-15)16-4-3-8-21-13-16/h2-11,13H,12,14H2,1H3,(H,23,24). The highest BCUT2D eigenvalue weighted by Crippen LogP contribution is 2.19. The van der Waals surface area contributed by atoms with Crippen molar-refractivity contribution in [3.63, 3.8) is 0 Å². The van der Waals surface area contributed by atoms with Gasteiger partial charge in [0.05, 0.1) is 12.8 Å². The lowest BCUT2D eigenvalue weighted by Gasteiger charge is -2.09. The summed E-state index contributed by atoms with van der Waals surface area (Å²) in [7, 11) is 1.58. The molecule has 0 aliphatic rings. The Labute approximate surface area is 151 Å². The lowest BCUT2D eigenvalue weighted by atomic mass is 10.1. The summed E-state index contributed by atoms with van der Waals surface area (Å²) in [4.78, 5) is 20.4. The summed E-state index contributed by atoms with van der Waals surface area (Å²) in [5.74, 6) is 1.07. The maximum absolute atomic E-state index is 12.0. The Hall–Kier alpha value is -3.41. The van der Waals surface area contributed by atoms with Gasteiger partial charge in [-0.05, 0) is 42.0 Å². The Bertz CT molecular complexity index is 869. The molecule has 6 heteroatoms. The van der Waals surface area contributed by atoms with Gasteiger partial charge in [0.15, 0.2) is 6.61 Å². The number of hydrogen-bond donors (Lipinski definition) is 1. The SMILES string of the molecule is COc1cccc(OCC(=O)NCc2ccnc(-c3cccnc3)c2)c1. The molecule has 0 fully saturated rings. The van der Waals surface area contributed by atoms with Crippen molar-refractivity contribution in [3.05, 3.63) is 72.7 Å². The van der Waals surface area contributed by atoms with Crippen LogP contribution in [-0.2, 0) is 11.3 Å². The van der Waals surface area contributed by atoms with Crippen LogP contribution in [0, 0.1) is 0 Å². The van der Waals surface area contributed by atoms with Crippen molar-refractivity contribution in [2.75, 3.05) is 13.7 Å². The summed E-state index contributed by atoms with van der Waals surface area (Å²) >= 11 is 0. The average molecular weight is 349 g/mol. The average Bonchev–Trinajstić information content (AvgIpc) is 2.72. The lowest BCUT2D eigenvalue weighted by molar-refractivity contribution is -0.123. The second-order valence-corrected chi connectivity index (χ2v) is 5.54. The fraction of sp³-hybridized carbons (Fsp3) is 0.150. The summed E-state index contributed by atoms with van der Waals surface area (Å²) in [5.41, 5.74) is 2.70. The van der Waals surface area contributed by atoms with E-state index < -0.39 is 0 Å². The minimum atomic E-state index is -0.201. The molecule has 1 N–H and O–H groups in total. The molecule has 0 bridgehead atoms. The molecule has 0 radical (unpaired) electrons. The fourth-order valence-corrected chi connectivity index (χ4v) is 2.35. The molecule has 26 heavy (non-hydrogen) atoms. The second kappa shape index (κ2) is 8.62. The molecule has 2 aromatic heterocycles. The van der Waals surface area contributed by atoms with Gasteiger partial charge in [-0.15, -0.1) is 0 Å². The van der Waals surface area contributed by atoms with E-state index in [0.717, 1.165) is 16.8 Å². The van der Waals surface area contributed by atoms with Gasteiger partial charge in [-0.2, -0.15) is 0 Å². The van der Waals surface area contributed by atoms with E-state index in [4.69, 9.17) is 9.47 Å². The summed E-state index contributed by atoms with van der Waals surface area (Å²) in [5, 5.41) is 2.84. The quantitative estimate of drug-likeness (QED) is 0.710. The number of rotatable bonds is 7. The number of pyridine rings is 2. The van der Waals surface area contributed by atoms with Crippen LogP contribution in [0.2, 0.25) is 0 Å². The van der Waals surface area contributed by atoms with E-state index in [-0.39, 0.29) is 12.5 Å². The maximum atomic E-state index is 12.0. The van der Waals surface area contributed by atoms with Gasteiger partial charge in [0.1, 0.15) is 11.5 Å². The van der Waals surface area contributed by atoms with Crippen LogP contribution in [0.15, 0.2) is 67.1 Å². The van der Waals surface area contributed by atoms with E-state index in [1.54, 1.807) is 37.8 Å². The van der Waals surface area contributed by atoms with E-state index in [9.17, 15) is 4.79 Å². The monoisotopic (exact) mass is 349 g/mol. The van der Waals surface area contributed by atoms with Crippen LogP contribution in [0.3, 0.4) is 0 Å². The number of carbonyl (C=O) groups is 1. The molecular formula is C20H19N3O3. The summed E-state index contributed by atoms with van der Waals surface area (Å²) in [6, 6.07) is 14.7. The highest BCUT2D eigenvalue weighted by Gasteiger charge is 2.05. The smallest absolute Gasteiger partial charge is 0.258 e. The van der Waals surface area contributed by atoms with Gasteiger partial charge in [0.2, 0.25) is 0 Å². The molecule has 0 saturated carbocycles. The van der Waals surface area contributed by atoms with Crippen molar-refractivity contribution in [1.29, 1.82) is 0 Å². The number of amides is 1. The second-order valence-electron chi connectivity index (χ2n) is 5.54. The molecule has 0 unspecified atom stereocenters. The summed E-state index contributed by atoms with van der Waals surface area (Å²) < 4.78 is 10.6. The highest BCUT2D eigenvalue weighted by molar-refractivity contribution is 5.77. The van der Waals surface area contributed by atoms with Gasteiger partial charge >= 0.3 is 0 Å². The molecule has 0 aliphatic heterocycles. The molecule has 132 valence electrons. The van der Waals surface area contributed by atoms with E-state index in [1.807, 2.05) is 36.4 Å². The Morgan fingerprint density at radius 2 is 1.96 bits per heavy atom. The molecule has 3 aromatic rings. The van der Waals surface area contributed by atoms with E-state index in [0.29, 0.717) is 18.0 Å². The summed E-state index contributed by atoms with van der Waals surface area (Å²) in [6.45, 7) is 0.337. The first-order valence-electron chi connectivity index (χ1n) is 8.13. The first kappa shape index (κ1) is 17.4. The Morgan fingerprint density at radius 3 is 2.77 bits per heavy atom. The normalized spacial score (nSPS) is 10.2. The number of nitrogens with one attached hydrogen (secondary N) is 1. The van der Waals surface area contributed by atoms with E-state index in [1.165, 1.54) is 0 Å². The zero-order chi connectivity index (χ0) is 18.2. The molecule has 3 rings (SSSR count). The van der Waals surface area contributed by atoms with E-state index >= 15 is 0 Å². The summed E-state index contributed by atoms with van der Waals surface area (Å²) in [6.07, 6.45) is 5.19. The predicted octanol–water partition coefficient (Wildman–Crippen LogP) is 2.85. The van der Waals surface area contributed by atoms with Crippen LogP contribution in [-0.4, -0.2) is 29.6 Å². The molecule has 0 spiro atoms. The maximum Gasteiger partial charge on any atom is 0.258 e. The van der Waals surface area contributed by atoms with Crippen molar-refractivity contribution in [1.82, 2.24) is 15.3 Å². The number of carbonyl (C=O) groups excluding carboxylic acids is 1. The van der Waals surface area contributed by atoms with Crippen LogP contribution >= 0.6 is 0 Å². The van der Waals surface area contributed by atoms with Crippen molar-refractivity contribution in [2.45, 2.75) is 6.54 Å². The minimum absolute atomic E-state index is 0.0618. The molecule has 1 aromatic carbocycles. The third-order valence-electron chi connectivity index (χ3n) is 3.68. The molecule has 6 nitrogen and oxygen atoms in total. The topological polar surface area (TPSA) is 73.3 Å². The van der Waals surface area contributed by atoms with Crippen molar-refractivity contribution in [3.8, 4) is 22.8 Å². The molecule has 0 atom stereocenters. The highest BCUT2D eigenvalue weighted by atomic mass is 16.5. The largest absolute Gasteiger partial charge is 0.497 e. The van der Waals surface area contributed by atoms with Gasteiger partial charge < -0.3 is 14.8 Å². The van der Waals surface area contributed by atoms with Crippen LogP contribution < -0.4 is 14.8 Å². The zero-order valence-electron chi connectivity index (χ0n) is 14.4. The Morgan fingerprint density at radius 1 is 1.08 bits per heavy atom. The third kappa shape index (κ3) is 4.80. The van der Waals surface area contributed by atoms with Gasteiger partial charge in [0.25, 0.3) is 5.91 Å². The first-order valence-corrected chi connectivity index (χ1v) is 8.13. The van der Waals surface area contributed by atoms with Gasteiger partial charge in [-0.1, -0.05) is 6.07 Å². The number of aromatic nitrogens is 2. The van der Waals surface area contributed by atoms with Crippen LogP contribution in [0.4, 0.5) is 0 Å². The van der Waals surface area contributed by atoms with Gasteiger partial charge in [-0.3, -0.25) is 14.8 Å². The minimum Gasteiger partial charge on any atom is -0.497 e. The number of ether oxygens (including phenoxy) is 2. The van der Waals surface area contributed by atoms with E-state index in [2.05, 4.69) is 15.3 Å². The molecule has 0 saturated heterocycles. The Balaban J connectivity index is 1.53. The molecule has 0 aliphatic carbocycles. The van der Waals surface area contributed by atoms with Crippen molar-refractivity contribution in [2.24, 2.45) is 0 Å². The van der Waals surface area contributed by atoms with Crippen LogP contribution in [0.1, 0.15) is 5.56 Å². The lowest BCUT2D eigenvalue weighted by Crippen LogP contribution is -2.28. The van der Waals surface area contributed by atoms with Crippen LogP contribution in [0.25, 0.3) is 11.3 Å². The molecule has 2 heterocycles. The third-order valence-corrected chi connectivity index (χ3v) is 3.68. The first-order chi connectivity index (χ1) is 12.7. The number of benzene rings is 1. The fourth-order valence-electron chi connectivity index (χ4n) is 2.35. The molecular weight excluding hydrogens is 330 g/mol.